The van der Waals surface area contributed by atoms with Crippen LogP contribution in [0, 0.1) is 5.92 Å². The van der Waals surface area contributed by atoms with E-state index >= 15 is 0 Å². The minimum absolute atomic E-state index is 0.0972. The van der Waals surface area contributed by atoms with Crippen molar-refractivity contribution in [2.75, 3.05) is 0 Å². The Morgan fingerprint density at radius 1 is 1.32 bits per heavy atom. The third kappa shape index (κ3) is 4.48. The molecule has 0 aromatic heterocycles. The number of hydrogen-bond donors (Lipinski definition) is 0. The first kappa shape index (κ1) is 17.8. The van der Waals surface area contributed by atoms with Gasteiger partial charge in [-0.25, -0.2) is 0 Å². The summed E-state index contributed by atoms with van der Waals surface area (Å²) in [6.45, 7) is 8.75. The quantitative estimate of drug-likeness (QED) is 0.546. The molecule has 0 unspecified atom stereocenters. The molecule has 0 radical (unpaired) electrons. The van der Waals surface area contributed by atoms with E-state index in [-0.39, 0.29) is 19.3 Å². The van der Waals surface area contributed by atoms with Crippen molar-refractivity contribution in [3.05, 3.63) is 41.1 Å². The number of hydrogen-bond acceptors (Lipinski definition) is 2. The van der Waals surface area contributed by atoms with E-state index < -0.39 is 8.32 Å². The van der Waals surface area contributed by atoms with Gasteiger partial charge in [0, 0.05) is 0 Å². The molecule has 0 saturated heterocycles. The first-order valence-electron chi connectivity index (χ1n) is 7.53. The molecule has 2 rings (SSSR count). The van der Waals surface area contributed by atoms with Crippen molar-refractivity contribution in [3.8, 4) is 0 Å². The zero-order valence-electron chi connectivity index (χ0n) is 13.6. The SMILES string of the molecule is C[C@H]1CC(O[Si](C)(C)C)=CC[C@@]1(C=O)[Se]c1ccc(Cl)cc1. The van der Waals surface area contributed by atoms with Gasteiger partial charge in [-0.15, -0.1) is 0 Å². The summed E-state index contributed by atoms with van der Waals surface area (Å²) in [4.78, 5) is 11.9. The molecule has 1 aliphatic carbocycles. The predicted molar refractivity (Wildman–Crippen MR) is 96.5 cm³/mol. The second-order valence-corrected chi connectivity index (χ2v) is 14.7. The number of allylic oxidation sites excluding steroid dienone is 2. The zero-order chi connectivity index (χ0) is 16.4. The van der Waals surface area contributed by atoms with E-state index in [9.17, 15) is 4.79 Å². The standard InChI is InChI=1S/C17H23ClO2SeSi/c1-13-11-15(20-22(2,3)4)9-10-17(13,12-19)21-16-7-5-14(18)6-8-16/h5-9,12-13H,10-11H2,1-4H3/t13-,17-/m0/s1. The molecule has 0 amide bonds. The van der Waals surface area contributed by atoms with Gasteiger partial charge in [-0.1, -0.05) is 0 Å². The van der Waals surface area contributed by atoms with E-state index in [0.717, 1.165) is 23.6 Å². The zero-order valence-corrected chi connectivity index (χ0v) is 17.0. The molecule has 2 nitrogen and oxygen atoms in total. The van der Waals surface area contributed by atoms with Crippen LogP contribution in [0.4, 0.5) is 0 Å². The van der Waals surface area contributed by atoms with Crippen molar-refractivity contribution in [1.82, 2.24) is 0 Å². The first-order valence-corrected chi connectivity index (χ1v) is 13.0. The van der Waals surface area contributed by atoms with Crippen LogP contribution in [0.1, 0.15) is 19.8 Å². The van der Waals surface area contributed by atoms with Crippen molar-refractivity contribution in [2.45, 2.75) is 43.7 Å². The molecule has 0 spiro atoms. The Hall–Kier alpha value is -0.544. The molecule has 2 atom stereocenters. The Balaban J connectivity index is 2.17. The summed E-state index contributed by atoms with van der Waals surface area (Å²) in [5, 5.41) is 0.738. The second-order valence-electron chi connectivity index (χ2n) is 6.82. The molecule has 1 aromatic carbocycles. The van der Waals surface area contributed by atoms with Crippen LogP contribution in [0.3, 0.4) is 0 Å². The molecular weight excluding hydrogens is 379 g/mol. The van der Waals surface area contributed by atoms with Gasteiger partial charge in [-0.2, -0.15) is 0 Å². The Bertz CT molecular complexity index is 565. The number of aldehydes is 1. The minimum atomic E-state index is -1.58. The van der Waals surface area contributed by atoms with Crippen molar-refractivity contribution in [1.29, 1.82) is 0 Å². The third-order valence-electron chi connectivity index (χ3n) is 3.75. The van der Waals surface area contributed by atoms with Crippen LogP contribution in [0.15, 0.2) is 36.1 Å². The van der Waals surface area contributed by atoms with Gasteiger partial charge in [0.2, 0.25) is 0 Å². The van der Waals surface area contributed by atoms with Crippen molar-refractivity contribution >= 4 is 45.6 Å². The van der Waals surface area contributed by atoms with Crippen LogP contribution in [0.2, 0.25) is 29.0 Å². The summed E-state index contributed by atoms with van der Waals surface area (Å²) < 4.78 is 7.08. The normalized spacial score (nSPS) is 25.5. The number of halogens is 1. The molecule has 0 heterocycles. The summed E-state index contributed by atoms with van der Waals surface area (Å²) in [7, 11) is -1.58. The van der Waals surface area contributed by atoms with E-state index in [1.165, 1.54) is 10.7 Å². The fraction of sp³-hybridized carbons (Fsp3) is 0.471. The van der Waals surface area contributed by atoms with Gasteiger partial charge < -0.3 is 0 Å². The average molecular weight is 402 g/mol. The van der Waals surface area contributed by atoms with E-state index in [1.807, 2.05) is 24.3 Å². The molecule has 120 valence electrons. The Labute approximate surface area is 145 Å². The van der Waals surface area contributed by atoms with Crippen LogP contribution in [0.5, 0.6) is 0 Å². The fourth-order valence-electron chi connectivity index (χ4n) is 2.56. The topological polar surface area (TPSA) is 26.3 Å². The van der Waals surface area contributed by atoms with E-state index in [0.29, 0.717) is 5.92 Å². The average Bonchev–Trinajstić information content (AvgIpc) is 2.43. The Morgan fingerprint density at radius 2 is 1.95 bits per heavy atom. The molecule has 22 heavy (non-hydrogen) atoms. The van der Waals surface area contributed by atoms with Gasteiger partial charge in [0.05, 0.1) is 0 Å². The van der Waals surface area contributed by atoms with Crippen LogP contribution >= 0.6 is 11.6 Å². The van der Waals surface area contributed by atoms with Gasteiger partial charge in [-0.3, -0.25) is 0 Å². The van der Waals surface area contributed by atoms with Gasteiger partial charge in [0.25, 0.3) is 0 Å². The summed E-state index contributed by atoms with van der Waals surface area (Å²) in [5.41, 5.74) is 0. The van der Waals surface area contributed by atoms with Crippen LogP contribution in [-0.2, 0) is 9.22 Å². The number of carbonyl (C=O) groups excluding carboxylic acids is 1. The van der Waals surface area contributed by atoms with Gasteiger partial charge in [-0.05, 0) is 0 Å². The van der Waals surface area contributed by atoms with E-state index in [2.05, 4.69) is 32.6 Å². The van der Waals surface area contributed by atoms with Gasteiger partial charge in [0.15, 0.2) is 0 Å². The molecule has 0 N–H and O–H groups in total. The van der Waals surface area contributed by atoms with Crippen LogP contribution in [0.25, 0.3) is 0 Å². The van der Waals surface area contributed by atoms with Crippen molar-refractivity contribution < 1.29 is 9.22 Å². The van der Waals surface area contributed by atoms with E-state index in [4.69, 9.17) is 16.0 Å². The molecule has 0 bridgehead atoms. The molecule has 5 heteroatoms. The summed E-state index contributed by atoms with van der Waals surface area (Å²) in [6, 6.07) is 7.89. The Kier molecular flexibility index (Phi) is 5.60. The van der Waals surface area contributed by atoms with Gasteiger partial charge >= 0.3 is 146 Å². The van der Waals surface area contributed by atoms with Crippen LogP contribution < -0.4 is 4.46 Å². The summed E-state index contributed by atoms with van der Waals surface area (Å²) >= 11 is 6.04. The molecule has 1 aliphatic rings. The van der Waals surface area contributed by atoms with Crippen molar-refractivity contribution in [2.24, 2.45) is 5.92 Å². The fourth-order valence-corrected chi connectivity index (χ4v) is 6.18. The number of carbonyl (C=O) groups is 1. The third-order valence-corrected chi connectivity index (χ3v) is 8.13. The summed E-state index contributed by atoms with van der Waals surface area (Å²) in [5.74, 6) is 1.38. The monoisotopic (exact) mass is 402 g/mol. The number of rotatable bonds is 5. The molecule has 0 aliphatic heterocycles. The molecular formula is C17H23ClO2SeSi. The maximum atomic E-state index is 11.9. The number of benzene rings is 1. The van der Waals surface area contributed by atoms with Crippen LogP contribution in [-0.4, -0.2) is 29.6 Å². The Morgan fingerprint density at radius 3 is 2.45 bits per heavy atom. The molecule has 0 fully saturated rings. The predicted octanol–water partition coefficient (Wildman–Crippen LogP) is 4.19. The first-order chi connectivity index (χ1) is 10.2. The second kappa shape index (κ2) is 6.92. The summed E-state index contributed by atoms with van der Waals surface area (Å²) in [6.07, 6.45) is 4.96. The van der Waals surface area contributed by atoms with E-state index in [1.54, 1.807) is 0 Å². The van der Waals surface area contributed by atoms with Crippen molar-refractivity contribution in [3.63, 3.8) is 0 Å². The van der Waals surface area contributed by atoms with Gasteiger partial charge in [0.1, 0.15) is 0 Å². The molecule has 1 aromatic rings. The molecule has 0 saturated carbocycles. The maximum absolute atomic E-state index is 11.9.